The van der Waals surface area contributed by atoms with Crippen molar-refractivity contribution < 1.29 is 9.59 Å². The zero-order valence-corrected chi connectivity index (χ0v) is 12.4. The number of hydrogen-bond donors (Lipinski definition) is 2. The lowest BCUT2D eigenvalue weighted by molar-refractivity contribution is -0.121. The molecule has 1 aliphatic rings. The average Bonchev–Trinajstić information content (AvgIpc) is 3.16. The molecule has 102 valence electrons. The fraction of sp³-hybridized carbons (Fsp3) is 0.429. The van der Waals surface area contributed by atoms with Gasteiger partial charge in [0, 0.05) is 29.0 Å². The van der Waals surface area contributed by atoms with Gasteiger partial charge in [-0.05, 0) is 37.5 Å². The van der Waals surface area contributed by atoms with Crippen LogP contribution in [0, 0.1) is 6.92 Å². The van der Waals surface area contributed by atoms with E-state index in [9.17, 15) is 9.59 Å². The molecule has 0 aliphatic heterocycles. The number of hydrogen-bond acceptors (Lipinski definition) is 2. The van der Waals surface area contributed by atoms with Crippen molar-refractivity contribution >= 4 is 27.7 Å². The van der Waals surface area contributed by atoms with E-state index >= 15 is 0 Å². The minimum atomic E-state index is -0.141. The fourth-order valence-electron chi connectivity index (χ4n) is 1.75. The molecule has 0 aromatic heterocycles. The fourth-order valence-corrected chi connectivity index (χ4v) is 2.11. The summed E-state index contributed by atoms with van der Waals surface area (Å²) < 4.78 is 0.870. The van der Waals surface area contributed by atoms with E-state index in [1.54, 1.807) is 6.07 Å². The van der Waals surface area contributed by atoms with Crippen LogP contribution in [-0.4, -0.2) is 24.4 Å². The highest BCUT2D eigenvalue weighted by Crippen LogP contribution is 2.18. The van der Waals surface area contributed by atoms with Gasteiger partial charge in [-0.3, -0.25) is 9.59 Å². The Kier molecular flexibility index (Phi) is 4.58. The first-order valence-electron chi connectivity index (χ1n) is 6.40. The van der Waals surface area contributed by atoms with Crippen molar-refractivity contribution in [1.29, 1.82) is 0 Å². The van der Waals surface area contributed by atoms with Gasteiger partial charge >= 0.3 is 0 Å². The summed E-state index contributed by atoms with van der Waals surface area (Å²) in [6.45, 7) is 2.25. The molecule has 2 rings (SSSR count). The lowest BCUT2D eigenvalue weighted by Gasteiger charge is -2.08. The van der Waals surface area contributed by atoms with Gasteiger partial charge in [0.25, 0.3) is 5.91 Å². The van der Waals surface area contributed by atoms with Crippen molar-refractivity contribution in [2.45, 2.75) is 32.2 Å². The third kappa shape index (κ3) is 4.35. The molecule has 19 heavy (non-hydrogen) atoms. The van der Waals surface area contributed by atoms with Crippen molar-refractivity contribution in [3.05, 3.63) is 33.8 Å². The van der Waals surface area contributed by atoms with Crippen LogP contribution in [0.25, 0.3) is 0 Å². The van der Waals surface area contributed by atoms with Crippen molar-refractivity contribution in [2.75, 3.05) is 6.54 Å². The Bertz CT molecular complexity index is 498. The van der Waals surface area contributed by atoms with Crippen molar-refractivity contribution in [3.63, 3.8) is 0 Å². The first-order chi connectivity index (χ1) is 9.06. The predicted octanol–water partition coefficient (Wildman–Crippen LogP) is 2.16. The Labute approximate surface area is 121 Å². The van der Waals surface area contributed by atoms with E-state index in [0.29, 0.717) is 24.6 Å². The van der Waals surface area contributed by atoms with Crippen molar-refractivity contribution in [3.8, 4) is 0 Å². The van der Waals surface area contributed by atoms with Gasteiger partial charge in [-0.15, -0.1) is 0 Å². The summed E-state index contributed by atoms with van der Waals surface area (Å²) >= 11 is 3.35. The monoisotopic (exact) mass is 324 g/mol. The summed E-state index contributed by atoms with van der Waals surface area (Å²) in [4.78, 5) is 23.4. The predicted molar refractivity (Wildman–Crippen MR) is 77.0 cm³/mol. The molecule has 0 bridgehead atoms. The zero-order chi connectivity index (χ0) is 13.8. The van der Waals surface area contributed by atoms with E-state index in [-0.39, 0.29) is 11.8 Å². The third-order valence-electron chi connectivity index (χ3n) is 3.02. The van der Waals surface area contributed by atoms with Gasteiger partial charge in [-0.1, -0.05) is 22.0 Å². The molecular formula is C14H17BrN2O2. The van der Waals surface area contributed by atoms with Gasteiger partial charge in [0.1, 0.15) is 0 Å². The summed E-state index contributed by atoms with van der Waals surface area (Å²) in [7, 11) is 0. The number of aryl methyl sites for hydroxylation is 1. The Hall–Kier alpha value is -1.36. The van der Waals surface area contributed by atoms with E-state index in [1.807, 2.05) is 19.1 Å². The van der Waals surface area contributed by atoms with Crippen LogP contribution in [0.4, 0.5) is 0 Å². The molecular weight excluding hydrogens is 308 g/mol. The average molecular weight is 325 g/mol. The van der Waals surface area contributed by atoms with Gasteiger partial charge in [0.2, 0.25) is 5.91 Å². The van der Waals surface area contributed by atoms with Crippen molar-refractivity contribution in [2.24, 2.45) is 0 Å². The molecule has 0 atom stereocenters. The quantitative estimate of drug-likeness (QED) is 0.872. The molecule has 0 spiro atoms. The second kappa shape index (κ2) is 6.19. The molecule has 5 heteroatoms. The van der Waals surface area contributed by atoms with Crippen LogP contribution in [0.5, 0.6) is 0 Å². The number of amides is 2. The molecule has 0 saturated heterocycles. The molecule has 1 aromatic carbocycles. The van der Waals surface area contributed by atoms with Gasteiger partial charge < -0.3 is 10.6 Å². The molecule has 0 heterocycles. The number of carbonyl (C=O) groups excluding carboxylic acids is 2. The Morgan fingerprint density at radius 3 is 2.79 bits per heavy atom. The lowest BCUT2D eigenvalue weighted by Crippen LogP contribution is -2.31. The van der Waals surface area contributed by atoms with E-state index in [0.717, 1.165) is 22.9 Å². The molecule has 2 N–H and O–H groups in total. The van der Waals surface area contributed by atoms with Gasteiger partial charge in [0.15, 0.2) is 0 Å². The Morgan fingerprint density at radius 1 is 1.37 bits per heavy atom. The van der Waals surface area contributed by atoms with Crippen LogP contribution in [0.3, 0.4) is 0 Å². The maximum absolute atomic E-state index is 12.0. The summed E-state index contributed by atoms with van der Waals surface area (Å²) in [5.74, 6) is -0.133. The minimum Gasteiger partial charge on any atom is -0.353 e. The molecule has 0 unspecified atom stereocenters. The summed E-state index contributed by atoms with van der Waals surface area (Å²) in [6, 6.07) is 5.94. The van der Waals surface area contributed by atoms with E-state index < -0.39 is 0 Å². The van der Waals surface area contributed by atoms with Crippen LogP contribution in [0.2, 0.25) is 0 Å². The number of carbonyl (C=O) groups is 2. The number of benzene rings is 1. The van der Waals surface area contributed by atoms with Gasteiger partial charge in [-0.2, -0.15) is 0 Å². The maximum Gasteiger partial charge on any atom is 0.251 e. The molecule has 0 radical (unpaired) electrons. The van der Waals surface area contributed by atoms with E-state index in [2.05, 4.69) is 26.6 Å². The van der Waals surface area contributed by atoms with Gasteiger partial charge in [0.05, 0.1) is 0 Å². The van der Waals surface area contributed by atoms with Crippen LogP contribution < -0.4 is 10.6 Å². The third-order valence-corrected chi connectivity index (χ3v) is 3.52. The highest BCUT2D eigenvalue weighted by atomic mass is 79.9. The normalized spacial score (nSPS) is 14.0. The first-order valence-corrected chi connectivity index (χ1v) is 7.19. The molecule has 1 saturated carbocycles. The molecule has 4 nitrogen and oxygen atoms in total. The molecule has 1 aliphatic carbocycles. The summed E-state index contributed by atoms with van der Waals surface area (Å²) in [5.41, 5.74) is 1.56. The molecule has 1 fully saturated rings. The largest absolute Gasteiger partial charge is 0.353 e. The second-order valence-corrected chi connectivity index (χ2v) is 5.72. The van der Waals surface area contributed by atoms with Crippen LogP contribution in [0.1, 0.15) is 35.2 Å². The number of nitrogens with one attached hydrogen (secondary N) is 2. The summed E-state index contributed by atoms with van der Waals surface area (Å²) in [5, 5.41) is 5.66. The van der Waals surface area contributed by atoms with Crippen LogP contribution >= 0.6 is 15.9 Å². The topological polar surface area (TPSA) is 58.2 Å². The van der Waals surface area contributed by atoms with E-state index in [1.165, 1.54) is 0 Å². The molecule has 1 aromatic rings. The zero-order valence-electron chi connectivity index (χ0n) is 10.8. The minimum absolute atomic E-state index is 0.00811. The van der Waals surface area contributed by atoms with Crippen LogP contribution in [-0.2, 0) is 4.79 Å². The number of halogens is 1. The number of rotatable bonds is 5. The lowest BCUT2D eigenvalue weighted by atomic mass is 10.1. The molecule has 2 amide bonds. The van der Waals surface area contributed by atoms with Crippen LogP contribution in [0.15, 0.2) is 22.7 Å². The second-order valence-electron chi connectivity index (χ2n) is 4.81. The Balaban J connectivity index is 1.80. The highest BCUT2D eigenvalue weighted by Gasteiger charge is 2.22. The van der Waals surface area contributed by atoms with Crippen molar-refractivity contribution in [1.82, 2.24) is 10.6 Å². The highest BCUT2D eigenvalue weighted by molar-refractivity contribution is 9.10. The first kappa shape index (κ1) is 14.1. The van der Waals surface area contributed by atoms with E-state index in [4.69, 9.17) is 0 Å². The standard InChI is InChI=1S/C14H17BrN2O2/c1-9-2-3-10(15)8-12(9)14(19)16-7-6-13(18)17-11-4-5-11/h2-3,8,11H,4-7H2,1H3,(H,16,19)(H,17,18). The maximum atomic E-state index is 12.0. The smallest absolute Gasteiger partial charge is 0.251 e. The SMILES string of the molecule is Cc1ccc(Br)cc1C(=O)NCCC(=O)NC1CC1. The Morgan fingerprint density at radius 2 is 2.11 bits per heavy atom. The van der Waals surface area contributed by atoms with Gasteiger partial charge in [-0.25, -0.2) is 0 Å². The summed E-state index contributed by atoms with van der Waals surface area (Å²) in [6.07, 6.45) is 2.49.